The molecule has 0 saturated carbocycles. The molecular formula is C17H17NO3. The van der Waals surface area contributed by atoms with E-state index in [0.717, 1.165) is 5.56 Å². The Morgan fingerprint density at radius 1 is 0.905 bits per heavy atom. The molecule has 0 aliphatic carbocycles. The normalized spacial score (nSPS) is 11.6. The summed E-state index contributed by atoms with van der Waals surface area (Å²) in [4.78, 5) is 23.1. The zero-order valence-electron chi connectivity index (χ0n) is 11.5. The standard InChI is InChI=1S/C17H17NO3/c19-16(18-15-9-5-2-6-10-15)11-14(12-17(20)21)13-7-3-1-4-8-13/h1-10,14H,11-12H2,(H,18,19)(H,20,21)/t14-/m0/s1. The average Bonchev–Trinajstić information content (AvgIpc) is 2.48. The average molecular weight is 283 g/mol. The summed E-state index contributed by atoms with van der Waals surface area (Å²) in [5.41, 5.74) is 1.58. The van der Waals surface area contributed by atoms with Crippen molar-refractivity contribution in [3.8, 4) is 0 Å². The Morgan fingerprint density at radius 3 is 2.05 bits per heavy atom. The Morgan fingerprint density at radius 2 is 1.48 bits per heavy atom. The molecule has 1 atom stereocenters. The van der Waals surface area contributed by atoms with Gasteiger partial charge in [-0.15, -0.1) is 0 Å². The molecule has 0 radical (unpaired) electrons. The number of hydrogen-bond donors (Lipinski definition) is 2. The van der Waals surface area contributed by atoms with Crippen molar-refractivity contribution in [2.45, 2.75) is 18.8 Å². The van der Waals surface area contributed by atoms with Gasteiger partial charge in [0.2, 0.25) is 5.91 Å². The number of carbonyl (C=O) groups excluding carboxylic acids is 1. The van der Waals surface area contributed by atoms with Crippen LogP contribution in [0.3, 0.4) is 0 Å². The lowest BCUT2D eigenvalue weighted by Gasteiger charge is -2.15. The maximum atomic E-state index is 12.1. The van der Waals surface area contributed by atoms with Crippen LogP contribution in [-0.2, 0) is 9.59 Å². The van der Waals surface area contributed by atoms with Crippen molar-refractivity contribution < 1.29 is 14.7 Å². The summed E-state index contributed by atoms with van der Waals surface area (Å²) in [5.74, 6) is -1.42. The molecule has 21 heavy (non-hydrogen) atoms. The number of rotatable bonds is 6. The molecular weight excluding hydrogens is 266 g/mol. The molecule has 108 valence electrons. The molecule has 0 heterocycles. The molecule has 4 nitrogen and oxygen atoms in total. The highest BCUT2D eigenvalue weighted by Gasteiger charge is 2.19. The maximum Gasteiger partial charge on any atom is 0.303 e. The van der Waals surface area contributed by atoms with Gasteiger partial charge in [0, 0.05) is 18.0 Å². The monoisotopic (exact) mass is 283 g/mol. The number of aliphatic carboxylic acids is 1. The van der Waals surface area contributed by atoms with Gasteiger partial charge < -0.3 is 10.4 Å². The lowest BCUT2D eigenvalue weighted by atomic mass is 9.92. The predicted octanol–water partition coefficient (Wildman–Crippen LogP) is 3.27. The minimum Gasteiger partial charge on any atom is -0.481 e. The third-order valence-electron chi connectivity index (χ3n) is 3.18. The van der Waals surface area contributed by atoms with Crippen molar-refractivity contribution in [2.75, 3.05) is 5.32 Å². The van der Waals surface area contributed by atoms with Gasteiger partial charge >= 0.3 is 5.97 Å². The van der Waals surface area contributed by atoms with E-state index in [-0.39, 0.29) is 24.7 Å². The zero-order valence-corrected chi connectivity index (χ0v) is 11.5. The molecule has 0 saturated heterocycles. The molecule has 4 heteroatoms. The second kappa shape index (κ2) is 7.24. The highest BCUT2D eigenvalue weighted by atomic mass is 16.4. The third-order valence-corrected chi connectivity index (χ3v) is 3.18. The van der Waals surface area contributed by atoms with E-state index in [0.29, 0.717) is 5.69 Å². The summed E-state index contributed by atoms with van der Waals surface area (Å²) in [7, 11) is 0. The van der Waals surface area contributed by atoms with Gasteiger partial charge in [-0.3, -0.25) is 9.59 Å². The summed E-state index contributed by atoms with van der Waals surface area (Å²) in [6.07, 6.45) is 0.0808. The largest absolute Gasteiger partial charge is 0.481 e. The Bertz CT molecular complexity index is 596. The summed E-state index contributed by atoms with van der Waals surface area (Å²) < 4.78 is 0. The second-order valence-corrected chi connectivity index (χ2v) is 4.82. The van der Waals surface area contributed by atoms with Crippen LogP contribution in [0.25, 0.3) is 0 Å². The fraction of sp³-hybridized carbons (Fsp3) is 0.176. The Labute approximate surface area is 123 Å². The first-order chi connectivity index (χ1) is 10.1. The predicted molar refractivity (Wildman–Crippen MR) is 81.1 cm³/mol. The van der Waals surface area contributed by atoms with Crippen LogP contribution in [-0.4, -0.2) is 17.0 Å². The number of amides is 1. The molecule has 0 spiro atoms. The Kier molecular flexibility index (Phi) is 5.10. The van der Waals surface area contributed by atoms with Crippen LogP contribution in [0.5, 0.6) is 0 Å². The lowest BCUT2D eigenvalue weighted by Crippen LogP contribution is -2.17. The molecule has 2 aromatic carbocycles. The number of carbonyl (C=O) groups is 2. The topological polar surface area (TPSA) is 66.4 Å². The van der Waals surface area contributed by atoms with Gasteiger partial charge in [0.15, 0.2) is 0 Å². The minimum atomic E-state index is -0.906. The number of para-hydroxylation sites is 1. The van der Waals surface area contributed by atoms with Crippen molar-refractivity contribution in [1.29, 1.82) is 0 Å². The van der Waals surface area contributed by atoms with Gasteiger partial charge in [-0.25, -0.2) is 0 Å². The summed E-state index contributed by atoms with van der Waals surface area (Å²) in [5, 5.41) is 11.8. The highest BCUT2D eigenvalue weighted by Crippen LogP contribution is 2.24. The van der Waals surface area contributed by atoms with Crippen LogP contribution in [0.4, 0.5) is 5.69 Å². The first-order valence-corrected chi connectivity index (χ1v) is 6.77. The molecule has 0 aliphatic rings. The lowest BCUT2D eigenvalue weighted by molar-refractivity contribution is -0.137. The van der Waals surface area contributed by atoms with Crippen molar-refractivity contribution in [3.05, 3.63) is 66.2 Å². The van der Waals surface area contributed by atoms with E-state index in [1.165, 1.54) is 0 Å². The van der Waals surface area contributed by atoms with Crippen LogP contribution in [0.2, 0.25) is 0 Å². The van der Waals surface area contributed by atoms with Gasteiger partial charge in [-0.05, 0) is 17.7 Å². The van der Waals surface area contributed by atoms with Gasteiger partial charge in [-0.1, -0.05) is 48.5 Å². The van der Waals surface area contributed by atoms with E-state index < -0.39 is 5.97 Å². The molecule has 2 aromatic rings. The van der Waals surface area contributed by atoms with E-state index in [2.05, 4.69) is 5.32 Å². The molecule has 0 aromatic heterocycles. The highest BCUT2D eigenvalue weighted by molar-refractivity contribution is 5.91. The number of anilines is 1. The minimum absolute atomic E-state index is 0.0633. The van der Waals surface area contributed by atoms with Gasteiger partial charge in [0.05, 0.1) is 6.42 Å². The summed E-state index contributed by atoms with van der Waals surface area (Å²) >= 11 is 0. The first-order valence-electron chi connectivity index (χ1n) is 6.77. The molecule has 0 bridgehead atoms. The number of nitrogens with one attached hydrogen (secondary N) is 1. The van der Waals surface area contributed by atoms with Gasteiger partial charge in [0.1, 0.15) is 0 Å². The van der Waals surface area contributed by atoms with E-state index >= 15 is 0 Å². The summed E-state index contributed by atoms with van der Waals surface area (Å²) in [6, 6.07) is 18.4. The number of carboxylic acid groups (broad SMARTS) is 1. The zero-order chi connectivity index (χ0) is 15.1. The molecule has 0 fully saturated rings. The van der Waals surface area contributed by atoms with Crippen molar-refractivity contribution in [2.24, 2.45) is 0 Å². The number of benzene rings is 2. The van der Waals surface area contributed by atoms with E-state index in [9.17, 15) is 9.59 Å². The van der Waals surface area contributed by atoms with E-state index in [1.54, 1.807) is 12.1 Å². The second-order valence-electron chi connectivity index (χ2n) is 4.82. The van der Waals surface area contributed by atoms with Crippen LogP contribution >= 0.6 is 0 Å². The van der Waals surface area contributed by atoms with Crippen molar-refractivity contribution in [1.82, 2.24) is 0 Å². The fourth-order valence-electron chi connectivity index (χ4n) is 2.20. The van der Waals surface area contributed by atoms with Crippen LogP contribution < -0.4 is 5.32 Å². The first kappa shape index (κ1) is 14.8. The van der Waals surface area contributed by atoms with Crippen LogP contribution in [0, 0.1) is 0 Å². The number of hydrogen-bond acceptors (Lipinski definition) is 2. The molecule has 1 amide bonds. The smallest absolute Gasteiger partial charge is 0.303 e. The molecule has 0 aliphatic heterocycles. The van der Waals surface area contributed by atoms with E-state index in [4.69, 9.17) is 5.11 Å². The maximum absolute atomic E-state index is 12.1. The quantitative estimate of drug-likeness (QED) is 0.855. The fourth-order valence-corrected chi connectivity index (χ4v) is 2.20. The molecule has 0 unspecified atom stereocenters. The van der Waals surface area contributed by atoms with E-state index in [1.807, 2.05) is 48.5 Å². The van der Waals surface area contributed by atoms with Crippen molar-refractivity contribution >= 4 is 17.6 Å². The Hall–Kier alpha value is -2.62. The molecule has 2 N–H and O–H groups in total. The van der Waals surface area contributed by atoms with Crippen LogP contribution in [0.1, 0.15) is 24.3 Å². The third kappa shape index (κ3) is 4.76. The Balaban J connectivity index is 2.05. The van der Waals surface area contributed by atoms with Gasteiger partial charge in [-0.2, -0.15) is 0 Å². The molecule has 2 rings (SSSR count). The van der Waals surface area contributed by atoms with Crippen molar-refractivity contribution in [3.63, 3.8) is 0 Å². The van der Waals surface area contributed by atoms with Gasteiger partial charge in [0.25, 0.3) is 0 Å². The summed E-state index contributed by atoms with van der Waals surface area (Å²) in [6.45, 7) is 0. The SMILES string of the molecule is O=C(O)C[C@H](CC(=O)Nc1ccccc1)c1ccccc1. The number of carboxylic acids is 1. The van der Waals surface area contributed by atoms with Crippen LogP contribution in [0.15, 0.2) is 60.7 Å².